The summed E-state index contributed by atoms with van der Waals surface area (Å²) in [7, 11) is 1.94. The summed E-state index contributed by atoms with van der Waals surface area (Å²) in [4.78, 5) is 11.3. The summed E-state index contributed by atoms with van der Waals surface area (Å²) < 4.78 is 17.8. The quantitative estimate of drug-likeness (QED) is 0.409. The van der Waals surface area contributed by atoms with Gasteiger partial charge in [0.2, 0.25) is 0 Å². The first-order valence-corrected chi connectivity index (χ1v) is 14.0. The van der Waals surface area contributed by atoms with Crippen LogP contribution in [0.4, 0.5) is 4.39 Å². The Labute approximate surface area is 207 Å². The van der Waals surface area contributed by atoms with Crippen molar-refractivity contribution < 1.29 is 4.39 Å². The molecule has 0 amide bonds. The van der Waals surface area contributed by atoms with Crippen LogP contribution < -0.4 is 0 Å². The van der Waals surface area contributed by atoms with Gasteiger partial charge in [0.05, 0.1) is 5.52 Å². The summed E-state index contributed by atoms with van der Waals surface area (Å²) in [6.07, 6.45) is 6.67. The molecule has 2 saturated heterocycles. The number of thioether (sulfide) groups is 1. The van der Waals surface area contributed by atoms with Crippen LogP contribution in [0.1, 0.15) is 51.0 Å². The van der Waals surface area contributed by atoms with Gasteiger partial charge in [-0.2, -0.15) is 0 Å². The second-order valence-corrected chi connectivity index (χ2v) is 11.1. The predicted molar refractivity (Wildman–Crippen MR) is 141 cm³/mol. The Morgan fingerprint density at radius 3 is 2.24 bits per heavy atom. The summed E-state index contributed by atoms with van der Waals surface area (Å²) >= 11 is 1.72. The molecule has 0 atom stereocenters. The molecule has 1 aromatic heterocycles. The Bertz CT molecular complexity index is 1120. The lowest BCUT2D eigenvalue weighted by molar-refractivity contribution is 0.0751. The van der Waals surface area contributed by atoms with Crippen LogP contribution in [0.25, 0.3) is 22.4 Å². The van der Waals surface area contributed by atoms with Gasteiger partial charge in [-0.1, -0.05) is 18.2 Å². The number of piperidine rings is 2. The number of likely N-dealkylation sites (tertiary alicyclic amines) is 2. The first kappa shape index (κ1) is 23.8. The molecule has 5 rings (SSSR count). The smallest absolute Gasteiger partial charge is 0.152 e. The van der Waals surface area contributed by atoms with E-state index in [9.17, 15) is 0 Å². The third-order valence-corrected chi connectivity index (χ3v) is 8.81. The zero-order chi connectivity index (χ0) is 23.8. The summed E-state index contributed by atoms with van der Waals surface area (Å²) in [6, 6.07) is 13.7. The number of imidazole rings is 1. The minimum absolute atomic E-state index is 0.0804. The van der Waals surface area contributed by atoms with Gasteiger partial charge in [-0.05, 0) is 102 Å². The van der Waals surface area contributed by atoms with Crippen LogP contribution in [0.15, 0.2) is 41.3 Å². The first-order chi connectivity index (χ1) is 16.5. The highest BCUT2D eigenvalue weighted by Gasteiger charge is 2.30. The number of hydrogen-bond donors (Lipinski definition) is 0. The fourth-order valence-electron chi connectivity index (χ4n) is 5.93. The maximum Gasteiger partial charge on any atom is 0.152 e. The van der Waals surface area contributed by atoms with Crippen LogP contribution >= 0.6 is 11.8 Å². The van der Waals surface area contributed by atoms with Crippen molar-refractivity contribution >= 4 is 22.8 Å². The van der Waals surface area contributed by atoms with Gasteiger partial charge in [0.25, 0.3) is 0 Å². The number of nitrogens with zero attached hydrogens (tertiary/aromatic N) is 4. The topological polar surface area (TPSA) is 24.3 Å². The number of hydrogen-bond acceptors (Lipinski definition) is 4. The summed E-state index contributed by atoms with van der Waals surface area (Å²) in [5.74, 6) is 1.03. The normalized spacial score (nSPS) is 19.5. The van der Waals surface area contributed by atoms with E-state index >= 15 is 4.39 Å². The van der Waals surface area contributed by atoms with E-state index in [1.165, 1.54) is 30.8 Å². The van der Waals surface area contributed by atoms with E-state index in [4.69, 9.17) is 4.98 Å². The van der Waals surface area contributed by atoms with Gasteiger partial charge in [-0.25, -0.2) is 9.37 Å². The van der Waals surface area contributed by atoms with Crippen molar-refractivity contribution in [3.63, 3.8) is 0 Å². The van der Waals surface area contributed by atoms with Crippen LogP contribution in [-0.4, -0.2) is 63.9 Å². The molecule has 0 unspecified atom stereocenters. The lowest BCUT2D eigenvalue weighted by atomic mass is 9.87. The van der Waals surface area contributed by atoms with Crippen molar-refractivity contribution in [3.05, 3.63) is 47.8 Å². The van der Waals surface area contributed by atoms with Crippen LogP contribution in [0.3, 0.4) is 0 Å². The highest BCUT2D eigenvalue weighted by atomic mass is 32.2. The van der Waals surface area contributed by atoms with E-state index in [-0.39, 0.29) is 11.7 Å². The molecule has 2 aliphatic heterocycles. The average Bonchev–Trinajstić information content (AvgIpc) is 3.21. The molecule has 3 aromatic rings. The molecule has 0 bridgehead atoms. The number of fused-ring (bicyclic) bond motifs is 1. The van der Waals surface area contributed by atoms with Crippen LogP contribution in [-0.2, 0) is 7.05 Å². The lowest BCUT2D eigenvalue weighted by Gasteiger charge is -2.42. The SMILES string of the molecule is CSc1ccc(-c2nc3ccc(C4CCN(C5CCN(C(C)C)CC5)CC4)c(F)c3n2C)cc1. The Hall–Kier alpha value is -1.89. The van der Waals surface area contributed by atoms with Crippen molar-refractivity contribution in [2.75, 3.05) is 32.4 Å². The average molecular weight is 481 g/mol. The number of aryl methyl sites for hydroxylation is 1. The minimum atomic E-state index is -0.0804. The molecule has 182 valence electrons. The van der Waals surface area contributed by atoms with Crippen LogP contribution in [0, 0.1) is 5.82 Å². The van der Waals surface area contributed by atoms with E-state index in [0.717, 1.165) is 48.4 Å². The van der Waals surface area contributed by atoms with Crippen molar-refractivity contribution in [2.24, 2.45) is 7.05 Å². The minimum Gasteiger partial charge on any atom is -0.325 e. The highest BCUT2D eigenvalue weighted by molar-refractivity contribution is 7.98. The molecule has 0 spiro atoms. The van der Waals surface area contributed by atoms with E-state index in [1.54, 1.807) is 11.8 Å². The number of rotatable bonds is 5. The van der Waals surface area contributed by atoms with Gasteiger partial charge in [0, 0.05) is 29.6 Å². The standard InChI is InChI=1S/C28H37FN4S/c1-19(2)32-17-13-22(14-18-32)33-15-11-20(12-16-33)24-9-10-25-27(26(24)29)31(3)28(30-25)21-5-7-23(34-4)8-6-21/h5-10,19-20,22H,11-18H2,1-4H3. The Balaban J connectivity index is 1.31. The fraction of sp³-hybridized carbons (Fsp3) is 0.536. The molecule has 34 heavy (non-hydrogen) atoms. The van der Waals surface area contributed by atoms with Crippen molar-refractivity contribution in [2.45, 2.75) is 62.4 Å². The molecule has 0 saturated carbocycles. The third kappa shape index (κ3) is 4.52. The third-order valence-electron chi connectivity index (χ3n) is 8.07. The monoisotopic (exact) mass is 480 g/mol. The van der Waals surface area contributed by atoms with Gasteiger partial charge < -0.3 is 14.4 Å². The molecule has 6 heteroatoms. The summed E-state index contributed by atoms with van der Waals surface area (Å²) in [5, 5.41) is 0. The molecule has 0 aliphatic carbocycles. The zero-order valence-corrected chi connectivity index (χ0v) is 21.7. The maximum absolute atomic E-state index is 15.8. The molecule has 2 aromatic carbocycles. The van der Waals surface area contributed by atoms with Gasteiger partial charge in [-0.3, -0.25) is 0 Å². The molecular formula is C28H37FN4S. The second-order valence-electron chi connectivity index (χ2n) is 10.2. The Kier molecular flexibility index (Phi) is 7.01. The maximum atomic E-state index is 15.8. The second kappa shape index (κ2) is 10.00. The zero-order valence-electron chi connectivity index (χ0n) is 20.9. The largest absolute Gasteiger partial charge is 0.325 e. The summed E-state index contributed by atoms with van der Waals surface area (Å²) in [6.45, 7) is 9.15. The number of benzene rings is 2. The Morgan fingerprint density at radius 1 is 0.941 bits per heavy atom. The van der Waals surface area contributed by atoms with Gasteiger partial charge in [-0.15, -0.1) is 11.8 Å². The molecule has 4 nitrogen and oxygen atoms in total. The van der Waals surface area contributed by atoms with Crippen LogP contribution in [0.2, 0.25) is 0 Å². The molecule has 2 aliphatic rings. The molecule has 2 fully saturated rings. The Morgan fingerprint density at radius 2 is 1.62 bits per heavy atom. The van der Waals surface area contributed by atoms with E-state index in [0.29, 0.717) is 17.6 Å². The lowest BCUT2D eigenvalue weighted by Crippen LogP contribution is -2.48. The van der Waals surface area contributed by atoms with E-state index in [1.807, 2.05) is 23.7 Å². The highest BCUT2D eigenvalue weighted by Crippen LogP contribution is 2.36. The van der Waals surface area contributed by atoms with Crippen LogP contribution in [0.5, 0.6) is 0 Å². The van der Waals surface area contributed by atoms with Gasteiger partial charge in [0.1, 0.15) is 11.3 Å². The summed E-state index contributed by atoms with van der Waals surface area (Å²) in [5.41, 5.74) is 3.26. The molecule has 0 N–H and O–H groups in total. The molecule has 0 radical (unpaired) electrons. The van der Waals surface area contributed by atoms with Crippen molar-refractivity contribution in [1.29, 1.82) is 0 Å². The number of halogens is 1. The predicted octanol–water partition coefficient (Wildman–Crippen LogP) is 6.15. The molecule has 3 heterocycles. The van der Waals surface area contributed by atoms with Gasteiger partial charge >= 0.3 is 0 Å². The van der Waals surface area contributed by atoms with Crippen molar-refractivity contribution in [3.8, 4) is 11.4 Å². The molecular weight excluding hydrogens is 443 g/mol. The van der Waals surface area contributed by atoms with E-state index < -0.39 is 0 Å². The van der Waals surface area contributed by atoms with Gasteiger partial charge in [0.15, 0.2) is 5.82 Å². The first-order valence-electron chi connectivity index (χ1n) is 12.7. The van der Waals surface area contributed by atoms with E-state index in [2.05, 4.69) is 54.2 Å². The van der Waals surface area contributed by atoms with Crippen molar-refractivity contribution in [1.82, 2.24) is 19.4 Å². The fourth-order valence-corrected chi connectivity index (χ4v) is 6.34. The number of aromatic nitrogens is 2.